The van der Waals surface area contributed by atoms with Crippen molar-refractivity contribution < 1.29 is 14.3 Å². The van der Waals surface area contributed by atoms with Crippen molar-refractivity contribution in [1.82, 2.24) is 0 Å². The summed E-state index contributed by atoms with van der Waals surface area (Å²) >= 11 is 8.61. The Morgan fingerprint density at radius 3 is 2.09 bits per heavy atom. The van der Waals surface area contributed by atoms with Gasteiger partial charge in [0, 0.05) is 4.47 Å². The Bertz CT molecular complexity index is 651. The Balaban J connectivity index is 1.95. The third-order valence-corrected chi connectivity index (χ3v) is 3.35. The molecule has 5 heteroatoms. The van der Waals surface area contributed by atoms with E-state index in [-0.39, 0.29) is 6.10 Å². The van der Waals surface area contributed by atoms with E-state index in [4.69, 9.17) is 21.1 Å². The van der Waals surface area contributed by atoms with Gasteiger partial charge in [-0.1, -0.05) is 15.9 Å². The van der Waals surface area contributed by atoms with Crippen LogP contribution in [0.3, 0.4) is 0 Å². The van der Waals surface area contributed by atoms with Crippen molar-refractivity contribution in [3.63, 3.8) is 0 Å². The van der Waals surface area contributed by atoms with Crippen molar-refractivity contribution >= 4 is 32.8 Å². The van der Waals surface area contributed by atoms with Gasteiger partial charge in [0.05, 0.1) is 0 Å². The van der Waals surface area contributed by atoms with E-state index in [1.807, 2.05) is 43.3 Å². The molecule has 0 heterocycles. The molecule has 3 nitrogen and oxygen atoms in total. The summed E-state index contributed by atoms with van der Waals surface area (Å²) in [5.41, 5.74) is 0. The molecule has 0 bridgehead atoms. The molecular weight excluding hydrogens is 368 g/mol. The maximum atomic E-state index is 10.6. The van der Waals surface area contributed by atoms with Gasteiger partial charge in [-0.3, -0.25) is 4.79 Å². The smallest absolute Gasteiger partial charge is 0.244 e. The molecule has 0 spiro atoms. The summed E-state index contributed by atoms with van der Waals surface area (Å²) in [6.45, 7) is 1.82. The van der Waals surface area contributed by atoms with Crippen molar-refractivity contribution in [2.24, 2.45) is 0 Å². The highest BCUT2D eigenvalue weighted by Gasteiger charge is 2.02. The van der Waals surface area contributed by atoms with Crippen LogP contribution in [0.5, 0.6) is 17.2 Å². The average Bonchev–Trinajstić information content (AvgIpc) is 2.49. The molecule has 0 amide bonds. The summed E-state index contributed by atoms with van der Waals surface area (Å²) in [5.74, 6) is 2.16. The number of hydrogen-bond acceptors (Lipinski definition) is 3. The minimum atomic E-state index is -0.520. The van der Waals surface area contributed by atoms with E-state index in [1.54, 1.807) is 18.2 Å². The largest absolute Gasteiger partial charge is 0.487 e. The summed E-state index contributed by atoms with van der Waals surface area (Å²) < 4.78 is 12.3. The maximum absolute atomic E-state index is 10.6. The van der Waals surface area contributed by atoms with Gasteiger partial charge in [0.2, 0.25) is 5.24 Å². The van der Waals surface area contributed by atoms with E-state index in [9.17, 15) is 4.79 Å². The molecular formula is C17H14BrClO3. The highest BCUT2D eigenvalue weighted by atomic mass is 79.9. The number of allylic oxidation sites excluding steroid dienone is 1. The molecule has 0 aliphatic rings. The molecule has 0 N–H and O–H groups in total. The molecule has 0 saturated heterocycles. The van der Waals surface area contributed by atoms with Crippen LogP contribution >= 0.6 is 27.5 Å². The first-order valence-corrected chi connectivity index (χ1v) is 7.78. The molecule has 1 atom stereocenters. The number of ether oxygens (including phenoxy) is 2. The molecule has 22 heavy (non-hydrogen) atoms. The van der Waals surface area contributed by atoms with Crippen LogP contribution in [-0.4, -0.2) is 11.3 Å². The standard InChI is InChI=1S/C17H14BrClO3/c1-12(2-11-17(19)20)21-14-7-9-16(10-8-14)22-15-5-3-13(18)4-6-15/h2-12H,1H3. The van der Waals surface area contributed by atoms with Crippen molar-refractivity contribution in [2.45, 2.75) is 13.0 Å². The highest BCUT2D eigenvalue weighted by molar-refractivity contribution is 9.10. The first kappa shape index (κ1) is 16.6. The lowest BCUT2D eigenvalue weighted by Gasteiger charge is -2.11. The van der Waals surface area contributed by atoms with Gasteiger partial charge in [-0.25, -0.2) is 0 Å². The fraction of sp³-hybridized carbons (Fsp3) is 0.118. The number of carbonyl (C=O) groups excluding carboxylic acids is 1. The molecule has 0 fully saturated rings. The number of carbonyl (C=O) groups is 1. The summed E-state index contributed by atoms with van der Waals surface area (Å²) in [5, 5.41) is -0.520. The normalized spacial score (nSPS) is 12.1. The summed E-state index contributed by atoms with van der Waals surface area (Å²) in [6.07, 6.45) is 2.62. The lowest BCUT2D eigenvalue weighted by Crippen LogP contribution is -2.08. The van der Waals surface area contributed by atoms with E-state index >= 15 is 0 Å². The molecule has 0 aliphatic heterocycles. The maximum Gasteiger partial charge on any atom is 0.244 e. The van der Waals surface area contributed by atoms with E-state index in [1.165, 1.54) is 6.08 Å². The SMILES string of the molecule is CC(C=CC(=O)Cl)Oc1ccc(Oc2ccc(Br)cc2)cc1. The summed E-state index contributed by atoms with van der Waals surface area (Å²) in [6, 6.07) is 14.8. The van der Waals surface area contributed by atoms with Crippen molar-refractivity contribution in [2.75, 3.05) is 0 Å². The van der Waals surface area contributed by atoms with Crippen LogP contribution in [0.15, 0.2) is 65.2 Å². The molecule has 2 rings (SSSR count). The van der Waals surface area contributed by atoms with E-state index < -0.39 is 5.24 Å². The number of hydrogen-bond donors (Lipinski definition) is 0. The van der Waals surface area contributed by atoms with Gasteiger partial charge >= 0.3 is 0 Å². The molecule has 0 aromatic heterocycles. The van der Waals surface area contributed by atoms with Crippen LogP contribution < -0.4 is 9.47 Å². The fourth-order valence-corrected chi connectivity index (χ4v) is 2.03. The Morgan fingerprint density at radius 1 is 1.05 bits per heavy atom. The second-order valence-electron chi connectivity index (χ2n) is 4.51. The molecule has 0 radical (unpaired) electrons. The molecule has 114 valence electrons. The summed E-state index contributed by atoms with van der Waals surface area (Å²) in [4.78, 5) is 10.6. The second kappa shape index (κ2) is 8.01. The van der Waals surface area contributed by atoms with Gasteiger partial charge in [0.15, 0.2) is 0 Å². The van der Waals surface area contributed by atoms with Gasteiger partial charge in [0.1, 0.15) is 23.4 Å². The topological polar surface area (TPSA) is 35.5 Å². The van der Waals surface area contributed by atoms with Crippen LogP contribution in [0, 0.1) is 0 Å². The van der Waals surface area contributed by atoms with Crippen LogP contribution in [-0.2, 0) is 4.79 Å². The molecule has 2 aromatic carbocycles. The van der Waals surface area contributed by atoms with E-state index in [0.29, 0.717) is 11.5 Å². The van der Waals surface area contributed by atoms with Crippen LogP contribution in [0.25, 0.3) is 0 Å². The third-order valence-electron chi connectivity index (χ3n) is 2.69. The van der Waals surface area contributed by atoms with Crippen LogP contribution in [0.2, 0.25) is 0 Å². The minimum absolute atomic E-state index is 0.249. The zero-order valence-corrected chi connectivity index (χ0v) is 14.2. The monoisotopic (exact) mass is 380 g/mol. The highest BCUT2D eigenvalue weighted by Crippen LogP contribution is 2.25. The Morgan fingerprint density at radius 2 is 1.55 bits per heavy atom. The zero-order chi connectivity index (χ0) is 15.9. The van der Waals surface area contributed by atoms with Crippen LogP contribution in [0.4, 0.5) is 0 Å². The number of halogens is 2. The third kappa shape index (κ3) is 5.54. The van der Waals surface area contributed by atoms with Crippen molar-refractivity contribution in [3.05, 3.63) is 65.2 Å². The fourth-order valence-electron chi connectivity index (χ4n) is 1.69. The summed E-state index contributed by atoms with van der Waals surface area (Å²) in [7, 11) is 0. The number of rotatable bonds is 6. The lowest BCUT2D eigenvalue weighted by atomic mass is 10.3. The predicted molar refractivity (Wildman–Crippen MR) is 90.7 cm³/mol. The van der Waals surface area contributed by atoms with Gasteiger partial charge in [0.25, 0.3) is 0 Å². The van der Waals surface area contributed by atoms with Gasteiger partial charge in [-0.15, -0.1) is 0 Å². The van der Waals surface area contributed by atoms with Crippen LogP contribution in [0.1, 0.15) is 6.92 Å². The van der Waals surface area contributed by atoms with Crippen molar-refractivity contribution in [1.29, 1.82) is 0 Å². The van der Waals surface area contributed by atoms with Gasteiger partial charge < -0.3 is 9.47 Å². The molecule has 2 aromatic rings. The number of benzene rings is 2. The second-order valence-corrected chi connectivity index (χ2v) is 5.80. The first-order valence-electron chi connectivity index (χ1n) is 6.61. The predicted octanol–water partition coefficient (Wildman–Crippen LogP) is 5.33. The quantitative estimate of drug-likeness (QED) is 0.501. The van der Waals surface area contributed by atoms with Crippen molar-refractivity contribution in [3.8, 4) is 17.2 Å². The minimum Gasteiger partial charge on any atom is -0.487 e. The molecule has 0 aliphatic carbocycles. The molecule has 0 saturated carbocycles. The van der Waals surface area contributed by atoms with Gasteiger partial charge in [-0.2, -0.15) is 0 Å². The van der Waals surface area contributed by atoms with Gasteiger partial charge in [-0.05, 0) is 79.2 Å². The Labute approximate surface area is 142 Å². The zero-order valence-electron chi connectivity index (χ0n) is 11.8. The average molecular weight is 382 g/mol. The Kier molecular flexibility index (Phi) is 6.04. The van der Waals surface area contributed by atoms with E-state index in [2.05, 4.69) is 15.9 Å². The Hall–Kier alpha value is -1.78. The molecule has 1 unspecified atom stereocenters. The lowest BCUT2D eigenvalue weighted by molar-refractivity contribution is -0.107. The van der Waals surface area contributed by atoms with E-state index in [0.717, 1.165) is 10.2 Å². The first-order chi connectivity index (χ1) is 10.5.